The van der Waals surface area contributed by atoms with Gasteiger partial charge in [-0.2, -0.15) is 11.8 Å². The van der Waals surface area contributed by atoms with Gasteiger partial charge < -0.3 is 4.74 Å². The Kier molecular flexibility index (Phi) is 4.67. The molecule has 1 aliphatic rings. The maximum absolute atomic E-state index is 5.30. The SMILES string of the molecule is CSCCC(c1ccc(Br)nc1)C1COC1. The molecule has 0 bridgehead atoms. The molecule has 4 heteroatoms. The number of halogens is 1. The van der Waals surface area contributed by atoms with E-state index in [-0.39, 0.29) is 0 Å². The molecular formula is C12H16BrNOS. The van der Waals surface area contributed by atoms with E-state index in [0.717, 1.165) is 17.8 Å². The lowest BCUT2D eigenvalue weighted by molar-refractivity contribution is -0.0454. The van der Waals surface area contributed by atoms with Gasteiger partial charge in [0.25, 0.3) is 0 Å². The molecule has 0 N–H and O–H groups in total. The highest BCUT2D eigenvalue weighted by atomic mass is 79.9. The van der Waals surface area contributed by atoms with Crippen molar-refractivity contribution in [1.29, 1.82) is 0 Å². The number of hydrogen-bond donors (Lipinski definition) is 0. The molecule has 0 spiro atoms. The van der Waals surface area contributed by atoms with Crippen LogP contribution in [0.1, 0.15) is 17.9 Å². The van der Waals surface area contributed by atoms with E-state index in [0.29, 0.717) is 11.8 Å². The standard InChI is InChI=1S/C12H16BrNOS/c1-16-5-4-11(10-7-15-8-10)9-2-3-12(13)14-6-9/h2-3,6,10-11H,4-5,7-8H2,1H3. The van der Waals surface area contributed by atoms with Crippen LogP contribution in [0.4, 0.5) is 0 Å². The topological polar surface area (TPSA) is 22.1 Å². The van der Waals surface area contributed by atoms with Gasteiger partial charge in [0.2, 0.25) is 0 Å². The Morgan fingerprint density at radius 3 is 2.88 bits per heavy atom. The molecule has 0 aromatic carbocycles. The molecule has 1 aromatic heterocycles. The van der Waals surface area contributed by atoms with Gasteiger partial charge in [0, 0.05) is 12.1 Å². The number of pyridine rings is 1. The van der Waals surface area contributed by atoms with Gasteiger partial charge in [0.15, 0.2) is 0 Å². The highest BCUT2D eigenvalue weighted by molar-refractivity contribution is 9.10. The van der Waals surface area contributed by atoms with Gasteiger partial charge in [-0.05, 0) is 51.9 Å². The van der Waals surface area contributed by atoms with Crippen LogP contribution < -0.4 is 0 Å². The van der Waals surface area contributed by atoms with Gasteiger partial charge in [-0.25, -0.2) is 4.98 Å². The molecule has 2 nitrogen and oxygen atoms in total. The molecule has 88 valence electrons. The summed E-state index contributed by atoms with van der Waals surface area (Å²) in [6, 6.07) is 4.21. The minimum absolute atomic E-state index is 0.613. The predicted octanol–water partition coefficient (Wildman–Crippen LogP) is 3.33. The summed E-state index contributed by atoms with van der Waals surface area (Å²) in [7, 11) is 0. The van der Waals surface area contributed by atoms with Crippen molar-refractivity contribution < 1.29 is 4.74 Å². The smallest absolute Gasteiger partial charge is 0.106 e. The molecule has 1 saturated heterocycles. The number of ether oxygens (including phenoxy) is 1. The molecule has 16 heavy (non-hydrogen) atoms. The minimum atomic E-state index is 0.613. The lowest BCUT2D eigenvalue weighted by Crippen LogP contribution is -2.33. The maximum Gasteiger partial charge on any atom is 0.106 e. The molecule has 1 aliphatic heterocycles. The van der Waals surface area contributed by atoms with Crippen LogP contribution in [0.2, 0.25) is 0 Å². The van der Waals surface area contributed by atoms with E-state index in [4.69, 9.17) is 4.74 Å². The van der Waals surface area contributed by atoms with Crippen LogP contribution >= 0.6 is 27.7 Å². The molecule has 0 radical (unpaired) electrons. The first kappa shape index (κ1) is 12.4. The third-order valence-electron chi connectivity index (χ3n) is 3.04. The molecular weight excluding hydrogens is 286 g/mol. The summed E-state index contributed by atoms with van der Waals surface area (Å²) in [5.41, 5.74) is 1.35. The van der Waals surface area contributed by atoms with Gasteiger partial charge in [-0.3, -0.25) is 0 Å². The number of thioether (sulfide) groups is 1. The highest BCUT2D eigenvalue weighted by Crippen LogP contribution is 2.33. The van der Waals surface area contributed by atoms with Crippen molar-refractivity contribution >= 4 is 27.7 Å². The second-order valence-electron chi connectivity index (χ2n) is 4.10. The second-order valence-corrected chi connectivity index (χ2v) is 5.90. The van der Waals surface area contributed by atoms with Crippen molar-refractivity contribution in [2.24, 2.45) is 5.92 Å². The van der Waals surface area contributed by atoms with Gasteiger partial charge in [-0.15, -0.1) is 0 Å². The van der Waals surface area contributed by atoms with E-state index < -0.39 is 0 Å². The number of hydrogen-bond acceptors (Lipinski definition) is 3. The fourth-order valence-electron chi connectivity index (χ4n) is 2.01. The summed E-state index contributed by atoms with van der Waals surface area (Å²) in [6.07, 6.45) is 5.38. The number of rotatable bonds is 5. The Balaban J connectivity index is 2.07. The monoisotopic (exact) mass is 301 g/mol. The van der Waals surface area contributed by atoms with Crippen LogP contribution in [0.3, 0.4) is 0 Å². The summed E-state index contributed by atoms with van der Waals surface area (Å²) < 4.78 is 6.21. The molecule has 0 saturated carbocycles. The van der Waals surface area contributed by atoms with Gasteiger partial charge in [0.1, 0.15) is 4.60 Å². The second kappa shape index (κ2) is 6.03. The van der Waals surface area contributed by atoms with Crippen LogP contribution in [0, 0.1) is 5.92 Å². The van der Waals surface area contributed by atoms with E-state index in [9.17, 15) is 0 Å². The van der Waals surface area contributed by atoms with Crippen molar-refractivity contribution in [3.63, 3.8) is 0 Å². The first-order valence-corrected chi connectivity index (χ1v) is 7.68. The highest BCUT2D eigenvalue weighted by Gasteiger charge is 2.29. The molecule has 0 amide bonds. The van der Waals surface area contributed by atoms with Gasteiger partial charge >= 0.3 is 0 Å². The average Bonchev–Trinajstić information content (AvgIpc) is 2.23. The normalized spacial score (nSPS) is 18.1. The zero-order chi connectivity index (χ0) is 11.4. The molecule has 1 fully saturated rings. The largest absolute Gasteiger partial charge is 0.381 e. The molecule has 2 heterocycles. The molecule has 1 unspecified atom stereocenters. The van der Waals surface area contributed by atoms with Crippen LogP contribution in [-0.2, 0) is 4.74 Å². The summed E-state index contributed by atoms with van der Waals surface area (Å²) in [5, 5.41) is 0. The van der Waals surface area contributed by atoms with Crippen LogP contribution in [0.5, 0.6) is 0 Å². The predicted molar refractivity (Wildman–Crippen MR) is 72.0 cm³/mol. The third kappa shape index (κ3) is 2.99. The molecule has 0 aliphatic carbocycles. The lowest BCUT2D eigenvalue weighted by atomic mass is 9.83. The van der Waals surface area contributed by atoms with Crippen molar-refractivity contribution in [1.82, 2.24) is 4.98 Å². The van der Waals surface area contributed by atoms with Crippen molar-refractivity contribution in [2.75, 3.05) is 25.2 Å². The van der Waals surface area contributed by atoms with Gasteiger partial charge in [-0.1, -0.05) is 6.07 Å². The Morgan fingerprint density at radius 2 is 2.38 bits per heavy atom. The lowest BCUT2D eigenvalue weighted by Gasteiger charge is -2.34. The van der Waals surface area contributed by atoms with Crippen LogP contribution in [-0.4, -0.2) is 30.2 Å². The average molecular weight is 302 g/mol. The van der Waals surface area contributed by atoms with Crippen LogP contribution in [0.25, 0.3) is 0 Å². The summed E-state index contributed by atoms with van der Waals surface area (Å²) in [5.74, 6) is 2.51. The third-order valence-corrected chi connectivity index (χ3v) is 4.16. The Labute approximate surface area is 109 Å². The number of aromatic nitrogens is 1. The van der Waals surface area contributed by atoms with E-state index in [1.54, 1.807) is 0 Å². The van der Waals surface area contributed by atoms with Crippen molar-refractivity contribution in [3.05, 3.63) is 28.5 Å². The minimum Gasteiger partial charge on any atom is -0.381 e. The first-order valence-electron chi connectivity index (χ1n) is 5.49. The Hall–Kier alpha value is -0.0600. The van der Waals surface area contributed by atoms with Crippen molar-refractivity contribution in [2.45, 2.75) is 12.3 Å². The van der Waals surface area contributed by atoms with E-state index in [1.165, 1.54) is 17.7 Å². The molecule has 2 rings (SSSR count). The quantitative estimate of drug-likeness (QED) is 0.779. The fourth-order valence-corrected chi connectivity index (χ4v) is 2.74. The fraction of sp³-hybridized carbons (Fsp3) is 0.583. The van der Waals surface area contributed by atoms with Gasteiger partial charge in [0.05, 0.1) is 13.2 Å². The zero-order valence-electron chi connectivity index (χ0n) is 9.36. The van der Waals surface area contributed by atoms with E-state index in [2.05, 4.69) is 33.2 Å². The van der Waals surface area contributed by atoms with Crippen LogP contribution in [0.15, 0.2) is 22.9 Å². The Bertz CT molecular complexity index is 326. The first-order chi connectivity index (χ1) is 7.81. The summed E-state index contributed by atoms with van der Waals surface area (Å²) in [6.45, 7) is 1.82. The summed E-state index contributed by atoms with van der Waals surface area (Å²) >= 11 is 5.28. The Morgan fingerprint density at radius 1 is 1.56 bits per heavy atom. The van der Waals surface area contributed by atoms with E-state index in [1.807, 2.05) is 24.0 Å². The molecule has 1 atom stereocenters. The molecule has 1 aromatic rings. The van der Waals surface area contributed by atoms with Crippen molar-refractivity contribution in [3.8, 4) is 0 Å². The summed E-state index contributed by atoms with van der Waals surface area (Å²) in [4.78, 5) is 4.32. The number of nitrogens with zero attached hydrogens (tertiary/aromatic N) is 1. The zero-order valence-corrected chi connectivity index (χ0v) is 11.8. The maximum atomic E-state index is 5.30. The van der Waals surface area contributed by atoms with E-state index >= 15 is 0 Å².